The van der Waals surface area contributed by atoms with Crippen LogP contribution in [0.25, 0.3) is 0 Å². The maximum Gasteiger partial charge on any atom is 0.253 e. The van der Waals surface area contributed by atoms with Gasteiger partial charge in [-0.1, -0.05) is 13.8 Å². The molecule has 0 fully saturated rings. The second-order valence-electron chi connectivity index (χ2n) is 5.15. The molecule has 0 aromatic heterocycles. The van der Waals surface area contributed by atoms with E-state index in [1.165, 1.54) is 0 Å². The number of benzene rings is 1. The summed E-state index contributed by atoms with van der Waals surface area (Å²) in [5.74, 6) is 1.20. The van der Waals surface area contributed by atoms with Gasteiger partial charge >= 0.3 is 0 Å². The number of hydrogen-bond donors (Lipinski definition) is 1. The van der Waals surface area contributed by atoms with Gasteiger partial charge in [-0.25, -0.2) is 0 Å². The third kappa shape index (κ3) is 5.39. The minimum atomic E-state index is 0. The molecule has 1 aromatic rings. The summed E-state index contributed by atoms with van der Waals surface area (Å²) < 4.78 is 5.07. The Bertz CT molecular complexity index is 407. The molecule has 0 radical (unpaired) electrons. The quantitative estimate of drug-likeness (QED) is 0.878. The molecular formula is C15H25ClN2O2. The van der Waals surface area contributed by atoms with E-state index >= 15 is 0 Å². The summed E-state index contributed by atoms with van der Waals surface area (Å²) in [5.41, 5.74) is 6.65. The second-order valence-corrected chi connectivity index (χ2v) is 5.15. The summed E-state index contributed by atoms with van der Waals surface area (Å²) in [6.07, 6.45) is 0.816. The highest BCUT2D eigenvalue weighted by Gasteiger charge is 2.14. The SMILES string of the molecule is COc1ccc(C(=O)N(C)CCC(N)C(C)C)cc1.Cl. The highest BCUT2D eigenvalue weighted by atomic mass is 35.5. The van der Waals surface area contributed by atoms with Gasteiger partial charge in [0.1, 0.15) is 5.75 Å². The molecule has 0 saturated carbocycles. The van der Waals surface area contributed by atoms with Crippen LogP contribution in [0.4, 0.5) is 0 Å². The van der Waals surface area contributed by atoms with Crippen LogP contribution in [0.15, 0.2) is 24.3 Å². The summed E-state index contributed by atoms with van der Waals surface area (Å²) in [7, 11) is 3.41. The Morgan fingerprint density at radius 3 is 2.30 bits per heavy atom. The van der Waals surface area contributed by atoms with Crippen LogP contribution in [-0.4, -0.2) is 37.6 Å². The van der Waals surface area contributed by atoms with Crippen molar-refractivity contribution in [2.75, 3.05) is 20.7 Å². The lowest BCUT2D eigenvalue weighted by Gasteiger charge is -2.21. The highest BCUT2D eigenvalue weighted by molar-refractivity contribution is 5.94. The van der Waals surface area contributed by atoms with Crippen molar-refractivity contribution in [3.05, 3.63) is 29.8 Å². The van der Waals surface area contributed by atoms with Crippen molar-refractivity contribution in [1.82, 2.24) is 4.90 Å². The summed E-state index contributed by atoms with van der Waals surface area (Å²) >= 11 is 0. The predicted octanol–water partition coefficient (Wildman–Crippen LogP) is 2.56. The van der Waals surface area contributed by atoms with E-state index < -0.39 is 0 Å². The van der Waals surface area contributed by atoms with Gasteiger partial charge in [-0.2, -0.15) is 0 Å². The van der Waals surface area contributed by atoms with Crippen LogP contribution >= 0.6 is 12.4 Å². The highest BCUT2D eigenvalue weighted by Crippen LogP contribution is 2.13. The summed E-state index contributed by atoms with van der Waals surface area (Å²) in [6.45, 7) is 4.86. The van der Waals surface area contributed by atoms with Gasteiger partial charge in [0.25, 0.3) is 5.91 Å². The fourth-order valence-corrected chi connectivity index (χ4v) is 1.73. The van der Waals surface area contributed by atoms with Crippen LogP contribution < -0.4 is 10.5 Å². The van der Waals surface area contributed by atoms with Crippen LogP contribution in [0.1, 0.15) is 30.6 Å². The fraction of sp³-hybridized carbons (Fsp3) is 0.533. The molecule has 1 unspecified atom stereocenters. The van der Waals surface area contributed by atoms with Crippen molar-refractivity contribution < 1.29 is 9.53 Å². The average molecular weight is 301 g/mol. The van der Waals surface area contributed by atoms with Gasteiger partial charge in [0.15, 0.2) is 0 Å². The number of halogens is 1. The zero-order valence-corrected chi connectivity index (χ0v) is 13.4. The molecule has 0 aliphatic heterocycles. The molecule has 1 aromatic carbocycles. The van der Waals surface area contributed by atoms with E-state index in [0.29, 0.717) is 18.0 Å². The summed E-state index contributed by atoms with van der Waals surface area (Å²) in [4.78, 5) is 13.9. The Kier molecular flexibility index (Phi) is 8.26. The van der Waals surface area contributed by atoms with Crippen LogP contribution in [0.5, 0.6) is 5.75 Å². The van der Waals surface area contributed by atoms with E-state index in [1.807, 2.05) is 0 Å². The van der Waals surface area contributed by atoms with E-state index in [4.69, 9.17) is 10.5 Å². The van der Waals surface area contributed by atoms with E-state index in [-0.39, 0.29) is 24.4 Å². The average Bonchev–Trinajstić information content (AvgIpc) is 2.43. The van der Waals surface area contributed by atoms with Gasteiger partial charge in [-0.3, -0.25) is 4.79 Å². The third-order valence-electron chi connectivity index (χ3n) is 3.34. The smallest absolute Gasteiger partial charge is 0.253 e. The first kappa shape index (κ1) is 18.7. The lowest BCUT2D eigenvalue weighted by Crippen LogP contribution is -2.34. The van der Waals surface area contributed by atoms with Gasteiger partial charge in [0.05, 0.1) is 7.11 Å². The normalized spacial score (nSPS) is 11.7. The third-order valence-corrected chi connectivity index (χ3v) is 3.34. The van der Waals surface area contributed by atoms with Crippen molar-refractivity contribution in [1.29, 1.82) is 0 Å². The molecule has 114 valence electrons. The summed E-state index contributed by atoms with van der Waals surface area (Å²) in [6, 6.07) is 7.27. The van der Waals surface area contributed by atoms with Gasteiger partial charge in [0.2, 0.25) is 0 Å². The maximum absolute atomic E-state index is 12.2. The minimum absolute atomic E-state index is 0. The second kappa shape index (κ2) is 8.82. The number of ether oxygens (including phenoxy) is 1. The first-order valence-electron chi connectivity index (χ1n) is 6.60. The number of hydrogen-bond acceptors (Lipinski definition) is 3. The minimum Gasteiger partial charge on any atom is -0.497 e. The number of amides is 1. The number of methoxy groups -OCH3 is 1. The lowest BCUT2D eigenvalue weighted by molar-refractivity contribution is 0.0789. The Balaban J connectivity index is 0.00000361. The number of nitrogens with two attached hydrogens (primary N) is 1. The Morgan fingerprint density at radius 1 is 1.30 bits per heavy atom. The van der Waals surface area contributed by atoms with Gasteiger partial charge in [-0.05, 0) is 36.6 Å². The Hall–Kier alpha value is -1.26. The standard InChI is InChI=1S/C15H24N2O2.ClH/c1-11(2)14(16)9-10-17(3)15(18)12-5-7-13(19-4)8-6-12;/h5-8,11,14H,9-10,16H2,1-4H3;1H. The van der Waals surface area contributed by atoms with E-state index in [2.05, 4.69) is 13.8 Å². The molecule has 1 atom stereocenters. The molecule has 0 aliphatic carbocycles. The zero-order valence-electron chi connectivity index (χ0n) is 12.6. The largest absolute Gasteiger partial charge is 0.497 e. The van der Waals surface area contributed by atoms with Crippen LogP contribution in [0.2, 0.25) is 0 Å². The fourth-order valence-electron chi connectivity index (χ4n) is 1.73. The molecule has 5 heteroatoms. The maximum atomic E-state index is 12.2. The molecule has 0 bridgehead atoms. The summed E-state index contributed by atoms with van der Waals surface area (Å²) in [5, 5.41) is 0. The van der Waals surface area contributed by atoms with Gasteiger partial charge in [-0.15, -0.1) is 12.4 Å². The lowest BCUT2D eigenvalue weighted by atomic mass is 10.0. The molecule has 0 aliphatic rings. The van der Waals surface area contributed by atoms with E-state index in [1.54, 1.807) is 43.3 Å². The van der Waals surface area contributed by atoms with E-state index in [0.717, 1.165) is 12.2 Å². The number of nitrogens with zero attached hydrogens (tertiary/aromatic N) is 1. The van der Waals surface area contributed by atoms with Crippen molar-refractivity contribution in [2.45, 2.75) is 26.3 Å². The number of rotatable bonds is 6. The molecule has 1 rings (SSSR count). The first-order valence-corrected chi connectivity index (χ1v) is 6.60. The molecule has 0 spiro atoms. The monoisotopic (exact) mass is 300 g/mol. The van der Waals surface area contributed by atoms with Crippen molar-refractivity contribution in [3.8, 4) is 5.75 Å². The van der Waals surface area contributed by atoms with Crippen molar-refractivity contribution >= 4 is 18.3 Å². The van der Waals surface area contributed by atoms with Crippen LogP contribution in [-0.2, 0) is 0 Å². The van der Waals surface area contributed by atoms with Crippen molar-refractivity contribution in [2.24, 2.45) is 11.7 Å². The molecule has 4 nitrogen and oxygen atoms in total. The molecule has 2 N–H and O–H groups in total. The number of carbonyl (C=O) groups is 1. The zero-order chi connectivity index (χ0) is 14.4. The molecule has 20 heavy (non-hydrogen) atoms. The molecule has 1 amide bonds. The van der Waals surface area contributed by atoms with Gasteiger partial charge < -0.3 is 15.4 Å². The van der Waals surface area contributed by atoms with E-state index in [9.17, 15) is 4.79 Å². The predicted molar refractivity (Wildman–Crippen MR) is 84.6 cm³/mol. The Morgan fingerprint density at radius 2 is 1.85 bits per heavy atom. The van der Waals surface area contributed by atoms with Crippen molar-refractivity contribution in [3.63, 3.8) is 0 Å². The molecular weight excluding hydrogens is 276 g/mol. The molecule has 0 saturated heterocycles. The van der Waals surface area contributed by atoms with Gasteiger partial charge in [0, 0.05) is 25.2 Å². The Labute approximate surface area is 127 Å². The number of carbonyl (C=O) groups excluding carboxylic acids is 1. The van der Waals surface area contributed by atoms with Crippen LogP contribution in [0, 0.1) is 5.92 Å². The molecule has 0 heterocycles. The van der Waals surface area contributed by atoms with Crippen LogP contribution in [0.3, 0.4) is 0 Å². The first-order chi connectivity index (χ1) is 8.95. The topological polar surface area (TPSA) is 55.6 Å².